The van der Waals surface area contributed by atoms with Crippen LogP contribution in [-0.4, -0.2) is 28.7 Å². The predicted molar refractivity (Wildman–Crippen MR) is 105 cm³/mol. The molecule has 2 rings (SSSR count). The first-order chi connectivity index (χ1) is 13.2. The molecule has 0 aromatic heterocycles. The first kappa shape index (κ1) is 20.6. The number of carboxylic acids is 1. The Labute approximate surface area is 162 Å². The number of ketones is 1. The molecule has 0 unspecified atom stereocenters. The molecule has 0 aliphatic heterocycles. The Kier molecular flexibility index (Phi) is 6.81. The average molecular weight is 380 g/mol. The molecule has 0 bridgehead atoms. The molecule has 3 N–H and O–H groups in total. The standard InChI is InChI=1S/C21H20N2O5/c1-13(11-19(25)22-17-9-5-16(6-10-17)14(2)24)21(28)23-18-7-3-15(4-8-18)12-20(26)27/h3-11H,12H2,1-2H3,(H,22,25)(H,23,28)(H,26,27)/b13-11-. The van der Waals surface area contributed by atoms with E-state index in [0.29, 0.717) is 22.5 Å². The van der Waals surface area contributed by atoms with Crippen LogP contribution < -0.4 is 10.6 Å². The number of aliphatic carboxylic acids is 1. The number of nitrogens with one attached hydrogen (secondary N) is 2. The molecule has 0 aliphatic carbocycles. The van der Waals surface area contributed by atoms with Crippen LogP contribution in [0.4, 0.5) is 11.4 Å². The Morgan fingerprint density at radius 3 is 1.93 bits per heavy atom. The van der Waals surface area contributed by atoms with Gasteiger partial charge in [-0.1, -0.05) is 12.1 Å². The number of hydrogen-bond acceptors (Lipinski definition) is 4. The summed E-state index contributed by atoms with van der Waals surface area (Å²) in [7, 11) is 0. The zero-order valence-electron chi connectivity index (χ0n) is 15.5. The fraction of sp³-hybridized carbons (Fsp3) is 0.143. The van der Waals surface area contributed by atoms with E-state index in [-0.39, 0.29) is 17.8 Å². The summed E-state index contributed by atoms with van der Waals surface area (Å²) in [5, 5.41) is 14.0. The molecule has 28 heavy (non-hydrogen) atoms. The smallest absolute Gasteiger partial charge is 0.307 e. The van der Waals surface area contributed by atoms with Crippen LogP contribution in [0.25, 0.3) is 0 Å². The van der Waals surface area contributed by atoms with Gasteiger partial charge in [-0.25, -0.2) is 0 Å². The number of carbonyl (C=O) groups is 4. The quantitative estimate of drug-likeness (QED) is 0.505. The van der Waals surface area contributed by atoms with Crippen molar-refractivity contribution in [2.24, 2.45) is 0 Å². The zero-order valence-corrected chi connectivity index (χ0v) is 15.5. The van der Waals surface area contributed by atoms with Crippen molar-refractivity contribution < 1.29 is 24.3 Å². The summed E-state index contributed by atoms with van der Waals surface area (Å²) in [5.74, 6) is -1.92. The summed E-state index contributed by atoms with van der Waals surface area (Å²) >= 11 is 0. The van der Waals surface area contributed by atoms with Crippen molar-refractivity contribution in [1.82, 2.24) is 0 Å². The maximum absolute atomic E-state index is 12.2. The van der Waals surface area contributed by atoms with E-state index in [0.717, 1.165) is 0 Å². The van der Waals surface area contributed by atoms with Gasteiger partial charge in [-0.05, 0) is 55.8 Å². The van der Waals surface area contributed by atoms with E-state index < -0.39 is 17.8 Å². The second-order valence-corrected chi connectivity index (χ2v) is 6.17. The normalized spacial score (nSPS) is 10.9. The lowest BCUT2D eigenvalue weighted by Crippen LogP contribution is -2.16. The van der Waals surface area contributed by atoms with Gasteiger partial charge in [0.15, 0.2) is 5.78 Å². The summed E-state index contributed by atoms with van der Waals surface area (Å²) in [6.45, 7) is 2.96. The van der Waals surface area contributed by atoms with E-state index >= 15 is 0 Å². The predicted octanol–water partition coefficient (Wildman–Crippen LogP) is 3.04. The molecule has 0 fully saturated rings. The number of anilines is 2. The monoisotopic (exact) mass is 380 g/mol. The molecule has 2 aromatic rings. The average Bonchev–Trinajstić information content (AvgIpc) is 2.63. The molecule has 0 aliphatic rings. The van der Waals surface area contributed by atoms with Crippen LogP contribution in [0.3, 0.4) is 0 Å². The molecule has 0 saturated heterocycles. The molecule has 7 heteroatoms. The second-order valence-electron chi connectivity index (χ2n) is 6.17. The largest absolute Gasteiger partial charge is 0.481 e. The van der Waals surface area contributed by atoms with Crippen LogP contribution in [0, 0.1) is 0 Å². The van der Waals surface area contributed by atoms with Crippen molar-refractivity contribution in [1.29, 1.82) is 0 Å². The lowest BCUT2D eigenvalue weighted by atomic mass is 10.1. The minimum Gasteiger partial charge on any atom is -0.481 e. The Morgan fingerprint density at radius 2 is 1.39 bits per heavy atom. The number of carbonyl (C=O) groups excluding carboxylic acids is 3. The molecule has 2 amide bonds. The van der Waals surface area contributed by atoms with Crippen LogP contribution in [0.5, 0.6) is 0 Å². The number of carboxylic acid groups (broad SMARTS) is 1. The molecule has 0 heterocycles. The third kappa shape index (κ3) is 6.21. The molecule has 0 spiro atoms. The molecule has 2 aromatic carbocycles. The Hall–Kier alpha value is -3.74. The zero-order chi connectivity index (χ0) is 20.7. The van der Waals surface area contributed by atoms with E-state index in [2.05, 4.69) is 10.6 Å². The highest BCUT2D eigenvalue weighted by molar-refractivity contribution is 6.10. The van der Waals surface area contributed by atoms with Gasteiger partial charge in [-0.15, -0.1) is 0 Å². The number of Topliss-reactive ketones (excluding diaryl/α,β-unsaturated/α-hetero) is 1. The van der Waals surface area contributed by atoms with Gasteiger partial charge in [-0.3, -0.25) is 19.2 Å². The van der Waals surface area contributed by atoms with Crippen LogP contribution in [0.15, 0.2) is 60.2 Å². The van der Waals surface area contributed by atoms with Crippen molar-refractivity contribution >= 4 is 34.9 Å². The van der Waals surface area contributed by atoms with E-state index in [9.17, 15) is 19.2 Å². The van der Waals surface area contributed by atoms with Crippen molar-refractivity contribution in [3.8, 4) is 0 Å². The maximum Gasteiger partial charge on any atom is 0.307 e. The summed E-state index contributed by atoms with van der Waals surface area (Å²) in [6.07, 6.45) is 1.08. The minimum atomic E-state index is -0.933. The van der Waals surface area contributed by atoms with Gasteiger partial charge in [-0.2, -0.15) is 0 Å². The van der Waals surface area contributed by atoms with Gasteiger partial charge in [0.25, 0.3) is 5.91 Å². The first-order valence-corrected chi connectivity index (χ1v) is 8.47. The summed E-state index contributed by atoms with van der Waals surface area (Å²) in [6, 6.07) is 12.8. The number of rotatable bonds is 7. The summed E-state index contributed by atoms with van der Waals surface area (Å²) < 4.78 is 0. The van der Waals surface area contributed by atoms with E-state index in [4.69, 9.17) is 5.11 Å². The van der Waals surface area contributed by atoms with Crippen molar-refractivity contribution in [3.05, 3.63) is 71.3 Å². The lowest BCUT2D eigenvalue weighted by Gasteiger charge is -2.07. The van der Waals surface area contributed by atoms with E-state index in [1.54, 1.807) is 48.5 Å². The summed E-state index contributed by atoms with van der Waals surface area (Å²) in [5.41, 5.74) is 2.36. The molecule has 144 valence electrons. The fourth-order valence-electron chi connectivity index (χ4n) is 2.34. The van der Waals surface area contributed by atoms with Gasteiger partial charge in [0.05, 0.1) is 6.42 Å². The van der Waals surface area contributed by atoms with E-state index in [1.165, 1.54) is 19.9 Å². The topological polar surface area (TPSA) is 113 Å². The third-order valence-corrected chi connectivity index (χ3v) is 3.83. The molecule has 0 atom stereocenters. The van der Waals surface area contributed by atoms with E-state index in [1.807, 2.05) is 0 Å². The highest BCUT2D eigenvalue weighted by Gasteiger charge is 2.09. The Balaban J connectivity index is 1.95. The van der Waals surface area contributed by atoms with Gasteiger partial charge in [0, 0.05) is 28.6 Å². The van der Waals surface area contributed by atoms with Gasteiger partial charge in [0.1, 0.15) is 0 Å². The Bertz CT molecular complexity index is 928. The van der Waals surface area contributed by atoms with Crippen molar-refractivity contribution in [2.45, 2.75) is 20.3 Å². The molecule has 0 saturated carbocycles. The van der Waals surface area contributed by atoms with Crippen LogP contribution in [0.1, 0.15) is 29.8 Å². The van der Waals surface area contributed by atoms with Gasteiger partial charge < -0.3 is 15.7 Å². The summed E-state index contributed by atoms with van der Waals surface area (Å²) in [4.78, 5) is 46.2. The molecular formula is C21H20N2O5. The van der Waals surface area contributed by atoms with Gasteiger partial charge >= 0.3 is 5.97 Å². The fourth-order valence-corrected chi connectivity index (χ4v) is 2.34. The van der Waals surface area contributed by atoms with Crippen molar-refractivity contribution in [3.63, 3.8) is 0 Å². The van der Waals surface area contributed by atoms with Crippen LogP contribution in [0.2, 0.25) is 0 Å². The minimum absolute atomic E-state index is 0.0683. The molecular weight excluding hydrogens is 360 g/mol. The maximum atomic E-state index is 12.2. The number of amides is 2. The first-order valence-electron chi connectivity index (χ1n) is 8.47. The van der Waals surface area contributed by atoms with Crippen LogP contribution >= 0.6 is 0 Å². The Morgan fingerprint density at radius 1 is 0.857 bits per heavy atom. The van der Waals surface area contributed by atoms with Gasteiger partial charge in [0.2, 0.25) is 5.91 Å². The molecule has 7 nitrogen and oxygen atoms in total. The van der Waals surface area contributed by atoms with Crippen LogP contribution in [-0.2, 0) is 20.8 Å². The van der Waals surface area contributed by atoms with Crippen molar-refractivity contribution in [2.75, 3.05) is 10.6 Å². The SMILES string of the molecule is CC(=O)c1ccc(NC(=O)/C=C(/C)C(=O)Nc2ccc(CC(=O)O)cc2)cc1. The number of hydrogen-bond donors (Lipinski definition) is 3. The number of benzene rings is 2. The second kappa shape index (κ2) is 9.27. The molecule has 0 radical (unpaired) electrons. The highest BCUT2D eigenvalue weighted by Crippen LogP contribution is 2.13. The lowest BCUT2D eigenvalue weighted by molar-refractivity contribution is -0.136. The third-order valence-electron chi connectivity index (χ3n) is 3.83. The highest BCUT2D eigenvalue weighted by atomic mass is 16.4.